The molecule has 0 unspecified atom stereocenters. The second-order valence-corrected chi connectivity index (χ2v) is 7.17. The summed E-state index contributed by atoms with van der Waals surface area (Å²) in [4.78, 5) is 29.6. The van der Waals surface area contributed by atoms with Crippen molar-refractivity contribution in [2.75, 3.05) is 13.2 Å². The van der Waals surface area contributed by atoms with Gasteiger partial charge in [0, 0.05) is 18.8 Å². The molecule has 0 spiro atoms. The number of hydrogen-bond acceptors (Lipinski definition) is 5. The second kappa shape index (κ2) is 8.65. The third-order valence-electron chi connectivity index (χ3n) is 4.02. The Bertz CT molecular complexity index is 759. The first-order valence-corrected chi connectivity index (χ1v) is 8.73. The van der Waals surface area contributed by atoms with E-state index in [2.05, 4.69) is 23.8 Å². The van der Waals surface area contributed by atoms with Crippen LogP contribution in [0.5, 0.6) is 5.75 Å². The number of nitrogens with zero attached hydrogens (tertiary/aromatic N) is 1. The minimum absolute atomic E-state index is 0.228. The predicted molar refractivity (Wildman–Crippen MR) is 99.3 cm³/mol. The minimum atomic E-state index is -0.764. The fraction of sp³-hybridized carbons (Fsp3) is 0.450. The van der Waals surface area contributed by atoms with Crippen LogP contribution in [0.15, 0.2) is 41.5 Å². The summed E-state index contributed by atoms with van der Waals surface area (Å²) in [7, 11) is 0. The summed E-state index contributed by atoms with van der Waals surface area (Å²) >= 11 is 0. The van der Waals surface area contributed by atoms with Gasteiger partial charge in [-0.05, 0) is 43.0 Å². The molecule has 2 aromatic rings. The molecule has 0 atom stereocenters. The van der Waals surface area contributed by atoms with E-state index >= 15 is 0 Å². The van der Waals surface area contributed by atoms with Gasteiger partial charge in [0.25, 0.3) is 0 Å². The van der Waals surface area contributed by atoms with Crippen LogP contribution in [0, 0.1) is 5.92 Å². The minimum Gasteiger partial charge on any atom is -0.493 e. The van der Waals surface area contributed by atoms with Gasteiger partial charge >= 0.3 is 11.7 Å². The van der Waals surface area contributed by atoms with E-state index in [1.807, 2.05) is 38.1 Å². The molecule has 0 aliphatic heterocycles. The van der Waals surface area contributed by atoms with Crippen molar-refractivity contribution in [1.82, 2.24) is 9.97 Å². The zero-order chi connectivity index (χ0) is 19.2. The van der Waals surface area contributed by atoms with E-state index in [1.165, 1.54) is 6.20 Å². The lowest BCUT2D eigenvalue weighted by molar-refractivity contribution is -0.149. The smallest absolute Gasteiger partial charge is 0.344 e. The Morgan fingerprint density at radius 1 is 1.23 bits per heavy atom. The molecule has 0 radical (unpaired) electrons. The monoisotopic (exact) mass is 358 g/mol. The summed E-state index contributed by atoms with van der Waals surface area (Å²) in [6.45, 7) is 8.74. The fourth-order valence-electron chi connectivity index (χ4n) is 2.30. The molecule has 6 heteroatoms. The normalized spacial score (nSPS) is 11.4. The van der Waals surface area contributed by atoms with E-state index in [9.17, 15) is 9.59 Å². The van der Waals surface area contributed by atoms with Crippen molar-refractivity contribution in [3.05, 3.63) is 58.3 Å². The Morgan fingerprint density at radius 3 is 2.50 bits per heavy atom. The van der Waals surface area contributed by atoms with Gasteiger partial charge in [-0.25, -0.2) is 9.78 Å². The number of carbonyl (C=O) groups is 1. The van der Waals surface area contributed by atoms with Crippen LogP contribution in [0.1, 0.15) is 38.8 Å². The van der Waals surface area contributed by atoms with Gasteiger partial charge in [-0.1, -0.05) is 26.0 Å². The number of benzene rings is 1. The van der Waals surface area contributed by atoms with Crippen LogP contribution in [0.25, 0.3) is 0 Å². The van der Waals surface area contributed by atoms with Gasteiger partial charge in [-0.3, -0.25) is 4.79 Å². The van der Waals surface area contributed by atoms with Gasteiger partial charge < -0.3 is 14.5 Å². The number of rotatable bonds is 8. The Hall–Kier alpha value is -2.63. The summed E-state index contributed by atoms with van der Waals surface area (Å²) in [5.74, 6) is 0.946. The van der Waals surface area contributed by atoms with Crippen molar-refractivity contribution in [2.24, 2.45) is 5.92 Å². The molecule has 2 rings (SSSR count). The number of aromatic nitrogens is 2. The van der Waals surface area contributed by atoms with Crippen molar-refractivity contribution in [3.8, 4) is 5.75 Å². The third kappa shape index (κ3) is 5.44. The number of H-pyrrole nitrogens is 1. The molecule has 0 amide bonds. The molecule has 140 valence electrons. The molecule has 1 N–H and O–H groups in total. The number of hydrogen-bond donors (Lipinski definition) is 1. The van der Waals surface area contributed by atoms with Crippen LogP contribution >= 0.6 is 0 Å². The molecule has 0 aliphatic rings. The van der Waals surface area contributed by atoms with Gasteiger partial charge in [0.1, 0.15) is 5.75 Å². The topological polar surface area (TPSA) is 81.3 Å². The SMILES string of the molecule is CC(C)COc1ccc(C(C)(C)C(=O)OCCc2cnc(=O)[nH]c2)cc1. The molecule has 1 aromatic carbocycles. The first-order chi connectivity index (χ1) is 12.3. The van der Waals surface area contributed by atoms with E-state index in [4.69, 9.17) is 9.47 Å². The number of esters is 1. The van der Waals surface area contributed by atoms with Crippen LogP contribution in [0.3, 0.4) is 0 Å². The van der Waals surface area contributed by atoms with E-state index in [-0.39, 0.29) is 12.6 Å². The lowest BCUT2D eigenvalue weighted by Gasteiger charge is -2.23. The molecule has 0 saturated heterocycles. The lowest BCUT2D eigenvalue weighted by atomic mass is 9.85. The van der Waals surface area contributed by atoms with Gasteiger partial charge in [-0.15, -0.1) is 0 Å². The van der Waals surface area contributed by atoms with Crippen molar-refractivity contribution >= 4 is 5.97 Å². The average Bonchev–Trinajstić information content (AvgIpc) is 2.62. The zero-order valence-corrected chi connectivity index (χ0v) is 15.7. The molecule has 6 nitrogen and oxygen atoms in total. The Balaban J connectivity index is 1.91. The standard InChI is InChI=1S/C20H26N2O4/c1-14(2)13-26-17-7-5-16(6-8-17)20(3,4)18(23)25-10-9-15-11-21-19(24)22-12-15/h5-8,11-12,14H,9-10,13H2,1-4H3,(H,21,22,24). The van der Waals surface area contributed by atoms with E-state index in [0.717, 1.165) is 16.9 Å². The van der Waals surface area contributed by atoms with Crippen molar-refractivity contribution in [3.63, 3.8) is 0 Å². The molecule has 26 heavy (non-hydrogen) atoms. The van der Waals surface area contributed by atoms with Crippen LogP contribution in [0.2, 0.25) is 0 Å². The highest BCUT2D eigenvalue weighted by atomic mass is 16.5. The Kier molecular flexibility index (Phi) is 6.55. The van der Waals surface area contributed by atoms with E-state index in [0.29, 0.717) is 18.9 Å². The number of aromatic amines is 1. The zero-order valence-electron chi connectivity index (χ0n) is 15.7. The highest BCUT2D eigenvalue weighted by Crippen LogP contribution is 2.27. The van der Waals surface area contributed by atoms with Crippen LogP contribution in [-0.4, -0.2) is 29.2 Å². The molecule has 1 aromatic heterocycles. The second-order valence-electron chi connectivity index (χ2n) is 7.17. The van der Waals surface area contributed by atoms with Gasteiger partial charge in [-0.2, -0.15) is 0 Å². The maximum atomic E-state index is 12.5. The molecule has 1 heterocycles. The summed E-state index contributed by atoms with van der Waals surface area (Å²) in [6, 6.07) is 7.53. The highest BCUT2D eigenvalue weighted by molar-refractivity contribution is 5.82. The maximum absolute atomic E-state index is 12.5. The van der Waals surface area contributed by atoms with Crippen LogP contribution in [-0.2, 0) is 21.4 Å². The molecule has 0 bridgehead atoms. The molecular formula is C20H26N2O4. The molecule has 0 saturated carbocycles. The molecule has 0 aliphatic carbocycles. The lowest BCUT2D eigenvalue weighted by Crippen LogP contribution is -2.31. The summed E-state index contributed by atoms with van der Waals surface area (Å²) in [5, 5.41) is 0. The molecule has 0 fully saturated rings. The number of carbonyl (C=O) groups excluding carboxylic acids is 1. The fourth-order valence-corrected chi connectivity index (χ4v) is 2.30. The highest BCUT2D eigenvalue weighted by Gasteiger charge is 2.31. The Morgan fingerprint density at radius 2 is 1.92 bits per heavy atom. The van der Waals surface area contributed by atoms with Gasteiger partial charge in [0.05, 0.1) is 18.6 Å². The quantitative estimate of drug-likeness (QED) is 0.734. The van der Waals surface area contributed by atoms with Crippen LogP contribution < -0.4 is 10.4 Å². The summed E-state index contributed by atoms with van der Waals surface area (Å²) < 4.78 is 11.1. The number of nitrogens with one attached hydrogen (secondary N) is 1. The molecular weight excluding hydrogens is 332 g/mol. The van der Waals surface area contributed by atoms with Crippen molar-refractivity contribution < 1.29 is 14.3 Å². The Labute approximate surface area is 153 Å². The van der Waals surface area contributed by atoms with Gasteiger partial charge in [0.2, 0.25) is 0 Å². The van der Waals surface area contributed by atoms with E-state index in [1.54, 1.807) is 6.20 Å². The van der Waals surface area contributed by atoms with Crippen molar-refractivity contribution in [1.29, 1.82) is 0 Å². The first kappa shape index (κ1) is 19.7. The maximum Gasteiger partial charge on any atom is 0.344 e. The van der Waals surface area contributed by atoms with E-state index < -0.39 is 11.1 Å². The van der Waals surface area contributed by atoms with Gasteiger partial charge in [0.15, 0.2) is 0 Å². The van der Waals surface area contributed by atoms with Crippen molar-refractivity contribution in [2.45, 2.75) is 39.5 Å². The third-order valence-corrected chi connectivity index (χ3v) is 4.02. The summed E-state index contributed by atoms with van der Waals surface area (Å²) in [5.41, 5.74) is 0.513. The average molecular weight is 358 g/mol. The largest absolute Gasteiger partial charge is 0.493 e. The predicted octanol–water partition coefficient (Wildman–Crippen LogP) is 2.87. The first-order valence-electron chi connectivity index (χ1n) is 8.73. The van der Waals surface area contributed by atoms with Crippen LogP contribution in [0.4, 0.5) is 0 Å². The number of ether oxygens (including phenoxy) is 2. The summed E-state index contributed by atoms with van der Waals surface area (Å²) in [6.07, 6.45) is 3.55.